The van der Waals surface area contributed by atoms with E-state index in [0.29, 0.717) is 19.4 Å². The topological polar surface area (TPSA) is 69.6 Å². The monoisotopic (exact) mass is 172 g/mol. The summed E-state index contributed by atoms with van der Waals surface area (Å²) in [5.41, 5.74) is 0. The third-order valence-electron chi connectivity index (χ3n) is 1.88. The number of nitrogens with zero attached hydrogens (tertiary/aromatic N) is 1. The summed E-state index contributed by atoms with van der Waals surface area (Å²) in [6.45, 7) is 0.367. The van der Waals surface area contributed by atoms with Crippen LogP contribution in [0.3, 0.4) is 0 Å². The number of rotatable bonds is 3. The van der Waals surface area contributed by atoms with Crippen molar-refractivity contribution in [3.63, 3.8) is 0 Å². The lowest BCUT2D eigenvalue weighted by atomic mass is 10.1. The Hall–Kier alpha value is -1.10. The number of aliphatic hydroxyl groups is 1. The zero-order valence-electron chi connectivity index (χ0n) is 6.86. The van der Waals surface area contributed by atoms with Crippen LogP contribution in [0.4, 0.5) is 0 Å². The number of amides is 2. The van der Waals surface area contributed by atoms with E-state index >= 15 is 0 Å². The maximum Gasteiger partial charge on any atom is 0.227 e. The maximum absolute atomic E-state index is 11.0. The fourth-order valence-corrected chi connectivity index (χ4v) is 1.27. The van der Waals surface area contributed by atoms with Gasteiger partial charge in [-0.2, -0.15) is 0 Å². The van der Waals surface area contributed by atoms with Gasteiger partial charge in [0.25, 0.3) is 0 Å². The van der Waals surface area contributed by atoms with E-state index < -0.39 is 6.23 Å². The van der Waals surface area contributed by atoms with Crippen molar-refractivity contribution >= 4 is 12.3 Å². The summed E-state index contributed by atoms with van der Waals surface area (Å²) in [5, 5.41) is 11.4. The van der Waals surface area contributed by atoms with Gasteiger partial charge in [-0.05, 0) is 0 Å². The second-order valence-electron chi connectivity index (χ2n) is 3.00. The first-order valence-electron chi connectivity index (χ1n) is 3.77. The van der Waals surface area contributed by atoms with Crippen molar-refractivity contribution < 1.29 is 14.7 Å². The summed E-state index contributed by atoms with van der Waals surface area (Å²) in [4.78, 5) is 22.6. The SMILES string of the molecule is CN(C=O)CC1CC(O)NC1=O. The van der Waals surface area contributed by atoms with E-state index in [1.807, 2.05) is 0 Å². The zero-order chi connectivity index (χ0) is 9.14. The van der Waals surface area contributed by atoms with Gasteiger partial charge in [0.15, 0.2) is 0 Å². The molecule has 0 aromatic heterocycles. The minimum absolute atomic E-state index is 0.184. The van der Waals surface area contributed by atoms with Crippen LogP contribution in [0.1, 0.15) is 6.42 Å². The number of nitrogens with one attached hydrogen (secondary N) is 1. The van der Waals surface area contributed by atoms with Crippen LogP contribution in [0, 0.1) is 5.92 Å². The number of carbonyl (C=O) groups excluding carboxylic acids is 2. The molecule has 2 N–H and O–H groups in total. The highest BCUT2D eigenvalue weighted by Crippen LogP contribution is 2.13. The highest BCUT2D eigenvalue weighted by atomic mass is 16.3. The fourth-order valence-electron chi connectivity index (χ4n) is 1.27. The Labute approximate surface area is 70.4 Å². The molecule has 0 aromatic carbocycles. The predicted octanol–water partition coefficient (Wildman–Crippen LogP) is -1.47. The summed E-state index contributed by atoms with van der Waals surface area (Å²) < 4.78 is 0. The number of aliphatic hydroxyl groups excluding tert-OH is 1. The molecule has 5 nitrogen and oxygen atoms in total. The molecule has 1 fully saturated rings. The van der Waals surface area contributed by atoms with Gasteiger partial charge in [0.2, 0.25) is 12.3 Å². The van der Waals surface area contributed by atoms with Crippen molar-refractivity contribution in [2.45, 2.75) is 12.6 Å². The first-order chi connectivity index (χ1) is 5.63. The molecular weight excluding hydrogens is 160 g/mol. The minimum Gasteiger partial charge on any atom is -0.374 e. The van der Waals surface area contributed by atoms with E-state index in [0.717, 1.165) is 0 Å². The van der Waals surface area contributed by atoms with Gasteiger partial charge in [0, 0.05) is 20.0 Å². The molecule has 0 aromatic rings. The largest absolute Gasteiger partial charge is 0.374 e. The molecular formula is C7H12N2O3. The first-order valence-corrected chi connectivity index (χ1v) is 3.77. The minimum atomic E-state index is -0.748. The van der Waals surface area contributed by atoms with E-state index in [-0.39, 0.29) is 11.8 Å². The maximum atomic E-state index is 11.0. The summed E-state index contributed by atoms with van der Waals surface area (Å²) in [6.07, 6.45) is 0.303. The number of hydrogen-bond donors (Lipinski definition) is 2. The second kappa shape index (κ2) is 3.53. The lowest BCUT2D eigenvalue weighted by Gasteiger charge is -2.13. The predicted molar refractivity (Wildman–Crippen MR) is 41.0 cm³/mol. The van der Waals surface area contributed by atoms with Crippen LogP contribution in [-0.4, -0.2) is 42.1 Å². The van der Waals surface area contributed by atoms with Gasteiger partial charge < -0.3 is 15.3 Å². The quantitative estimate of drug-likeness (QED) is 0.510. The second-order valence-corrected chi connectivity index (χ2v) is 3.00. The molecule has 1 aliphatic rings. The molecule has 1 aliphatic heterocycles. The van der Waals surface area contributed by atoms with Crippen LogP contribution in [0.2, 0.25) is 0 Å². The average molecular weight is 172 g/mol. The average Bonchev–Trinajstić information content (AvgIpc) is 2.30. The Kier molecular flexibility index (Phi) is 2.65. The van der Waals surface area contributed by atoms with Crippen molar-refractivity contribution in [3.05, 3.63) is 0 Å². The van der Waals surface area contributed by atoms with Gasteiger partial charge in [-0.3, -0.25) is 9.59 Å². The highest BCUT2D eigenvalue weighted by Gasteiger charge is 2.30. The molecule has 68 valence electrons. The lowest BCUT2D eigenvalue weighted by Crippen LogP contribution is -2.30. The van der Waals surface area contributed by atoms with Crippen molar-refractivity contribution in [2.24, 2.45) is 5.92 Å². The van der Waals surface area contributed by atoms with Crippen LogP contribution in [-0.2, 0) is 9.59 Å². The summed E-state index contributed by atoms with van der Waals surface area (Å²) in [6, 6.07) is 0. The Bertz CT molecular complexity index is 195. The Morgan fingerprint density at radius 1 is 1.83 bits per heavy atom. The Morgan fingerprint density at radius 3 is 2.92 bits per heavy atom. The number of carbonyl (C=O) groups is 2. The van der Waals surface area contributed by atoms with Crippen LogP contribution >= 0.6 is 0 Å². The van der Waals surface area contributed by atoms with Gasteiger partial charge in [-0.1, -0.05) is 0 Å². The first kappa shape index (κ1) is 8.99. The van der Waals surface area contributed by atoms with Gasteiger partial charge >= 0.3 is 0 Å². The fraction of sp³-hybridized carbons (Fsp3) is 0.714. The molecule has 2 unspecified atom stereocenters. The molecule has 1 heterocycles. The third-order valence-corrected chi connectivity index (χ3v) is 1.88. The molecule has 0 radical (unpaired) electrons. The van der Waals surface area contributed by atoms with Crippen LogP contribution in [0.25, 0.3) is 0 Å². The lowest BCUT2D eigenvalue weighted by molar-refractivity contribution is -0.124. The molecule has 5 heteroatoms. The van der Waals surface area contributed by atoms with Crippen molar-refractivity contribution in [1.82, 2.24) is 10.2 Å². The molecule has 0 aliphatic carbocycles. The van der Waals surface area contributed by atoms with E-state index in [4.69, 9.17) is 5.11 Å². The van der Waals surface area contributed by atoms with Crippen molar-refractivity contribution in [3.8, 4) is 0 Å². The Balaban J connectivity index is 2.42. The molecule has 0 saturated carbocycles. The van der Waals surface area contributed by atoms with Gasteiger partial charge in [0.1, 0.15) is 6.23 Å². The van der Waals surface area contributed by atoms with Gasteiger partial charge in [-0.25, -0.2) is 0 Å². The molecule has 12 heavy (non-hydrogen) atoms. The smallest absolute Gasteiger partial charge is 0.227 e. The normalized spacial score (nSPS) is 28.3. The van der Waals surface area contributed by atoms with Gasteiger partial charge in [-0.15, -0.1) is 0 Å². The summed E-state index contributed by atoms with van der Waals surface area (Å²) >= 11 is 0. The van der Waals surface area contributed by atoms with Crippen LogP contribution in [0.5, 0.6) is 0 Å². The van der Waals surface area contributed by atoms with E-state index in [9.17, 15) is 9.59 Å². The van der Waals surface area contributed by atoms with Crippen molar-refractivity contribution in [1.29, 1.82) is 0 Å². The molecule has 0 bridgehead atoms. The van der Waals surface area contributed by atoms with Crippen LogP contribution in [0.15, 0.2) is 0 Å². The Morgan fingerprint density at radius 2 is 2.50 bits per heavy atom. The summed E-state index contributed by atoms with van der Waals surface area (Å²) in [7, 11) is 1.60. The van der Waals surface area contributed by atoms with E-state index in [1.54, 1.807) is 7.05 Å². The zero-order valence-corrected chi connectivity index (χ0v) is 6.86. The molecule has 1 saturated heterocycles. The molecule has 2 atom stereocenters. The van der Waals surface area contributed by atoms with Crippen LogP contribution < -0.4 is 5.32 Å². The number of hydrogen-bond acceptors (Lipinski definition) is 3. The highest BCUT2D eigenvalue weighted by molar-refractivity contribution is 5.81. The molecule has 2 amide bonds. The van der Waals surface area contributed by atoms with E-state index in [2.05, 4.69) is 5.32 Å². The molecule has 0 spiro atoms. The van der Waals surface area contributed by atoms with E-state index in [1.165, 1.54) is 4.90 Å². The summed E-state index contributed by atoms with van der Waals surface area (Å²) in [5.74, 6) is -0.452. The molecule has 1 rings (SSSR count). The third kappa shape index (κ3) is 1.94. The van der Waals surface area contributed by atoms with Gasteiger partial charge in [0.05, 0.1) is 5.92 Å². The standard InChI is InChI=1S/C7H12N2O3/c1-9(4-10)3-5-2-6(11)8-7(5)12/h4-6,11H,2-3H2,1H3,(H,8,12). The van der Waals surface area contributed by atoms with Crippen molar-refractivity contribution in [2.75, 3.05) is 13.6 Å².